The molecule has 1 heterocycles. The Morgan fingerprint density at radius 2 is 1.71 bits per heavy atom. The molecule has 0 radical (unpaired) electrons. The first-order valence-corrected chi connectivity index (χ1v) is 12.5. The third kappa shape index (κ3) is 5.73. The van der Waals surface area contributed by atoms with Crippen LogP contribution in [-0.4, -0.2) is 55.8 Å². The number of benzene rings is 2. The van der Waals surface area contributed by atoms with E-state index in [1.54, 1.807) is 12.1 Å². The van der Waals surface area contributed by atoms with Crippen molar-refractivity contribution >= 4 is 15.9 Å². The van der Waals surface area contributed by atoms with E-state index in [4.69, 9.17) is 0 Å². The highest BCUT2D eigenvalue weighted by atomic mass is 32.2. The smallest absolute Gasteiger partial charge is 0.251 e. The van der Waals surface area contributed by atoms with Crippen LogP contribution in [0.3, 0.4) is 0 Å². The van der Waals surface area contributed by atoms with Crippen LogP contribution in [0.4, 0.5) is 0 Å². The monoisotopic (exact) mass is 443 g/mol. The van der Waals surface area contributed by atoms with Gasteiger partial charge in [-0.25, -0.2) is 8.42 Å². The molecule has 1 saturated heterocycles. The maximum atomic E-state index is 13.0. The number of amides is 1. The summed E-state index contributed by atoms with van der Waals surface area (Å²) in [6.45, 7) is 9.03. The normalized spacial score (nSPS) is 15.9. The van der Waals surface area contributed by atoms with E-state index in [0.29, 0.717) is 18.7 Å². The van der Waals surface area contributed by atoms with Crippen molar-refractivity contribution in [1.82, 2.24) is 14.5 Å². The summed E-state index contributed by atoms with van der Waals surface area (Å²) in [6.07, 6.45) is 1.77. The average Bonchev–Trinajstić information content (AvgIpc) is 2.76. The van der Waals surface area contributed by atoms with Crippen LogP contribution in [-0.2, 0) is 16.6 Å². The quantitative estimate of drug-likeness (QED) is 0.679. The predicted molar refractivity (Wildman–Crippen MR) is 123 cm³/mol. The van der Waals surface area contributed by atoms with Crippen LogP contribution in [0.5, 0.6) is 0 Å². The van der Waals surface area contributed by atoms with Crippen LogP contribution in [0.15, 0.2) is 53.4 Å². The number of likely N-dealkylation sites (tertiary alicyclic amines) is 1. The maximum absolute atomic E-state index is 13.0. The first kappa shape index (κ1) is 23.4. The van der Waals surface area contributed by atoms with Crippen molar-refractivity contribution in [3.63, 3.8) is 0 Å². The summed E-state index contributed by atoms with van der Waals surface area (Å²) in [5.74, 6) is -0.199. The zero-order valence-corrected chi connectivity index (χ0v) is 19.5. The highest BCUT2D eigenvalue weighted by Gasteiger charge is 2.25. The van der Waals surface area contributed by atoms with Crippen molar-refractivity contribution in [2.45, 2.75) is 51.1 Å². The summed E-state index contributed by atoms with van der Waals surface area (Å²) in [7, 11) is -3.60. The topological polar surface area (TPSA) is 69.7 Å². The van der Waals surface area contributed by atoms with Gasteiger partial charge < -0.3 is 5.32 Å². The van der Waals surface area contributed by atoms with Gasteiger partial charge in [0, 0.05) is 44.3 Å². The molecule has 0 aromatic heterocycles. The molecule has 1 amide bonds. The molecule has 2 aromatic rings. The molecule has 1 aliphatic heterocycles. The van der Waals surface area contributed by atoms with E-state index in [0.717, 1.165) is 38.0 Å². The van der Waals surface area contributed by atoms with E-state index in [1.807, 2.05) is 26.8 Å². The van der Waals surface area contributed by atoms with Crippen LogP contribution in [0.25, 0.3) is 0 Å². The lowest BCUT2D eigenvalue weighted by atomic mass is 10.0. The van der Waals surface area contributed by atoms with Crippen LogP contribution in [0.2, 0.25) is 0 Å². The molecule has 2 aromatic carbocycles. The second kappa shape index (κ2) is 10.4. The summed E-state index contributed by atoms with van der Waals surface area (Å²) >= 11 is 0. The maximum Gasteiger partial charge on any atom is 0.251 e. The molecule has 0 aliphatic carbocycles. The molecule has 1 N–H and O–H groups in total. The fraction of sp³-hybridized carbons (Fsp3) is 0.458. The van der Waals surface area contributed by atoms with Crippen molar-refractivity contribution in [2.24, 2.45) is 0 Å². The molecule has 6 nitrogen and oxygen atoms in total. The number of hydrogen-bond donors (Lipinski definition) is 1. The highest BCUT2D eigenvalue weighted by molar-refractivity contribution is 7.89. The number of piperidine rings is 1. The molecular formula is C24H33N3O3S. The van der Waals surface area contributed by atoms with Gasteiger partial charge in [-0.15, -0.1) is 0 Å². The predicted octanol–water partition coefficient (Wildman–Crippen LogP) is 3.42. The largest absolute Gasteiger partial charge is 0.349 e. The Hall–Kier alpha value is -2.22. The minimum atomic E-state index is -3.60. The summed E-state index contributed by atoms with van der Waals surface area (Å²) < 4.78 is 27.1. The van der Waals surface area contributed by atoms with E-state index in [2.05, 4.69) is 34.5 Å². The van der Waals surface area contributed by atoms with Gasteiger partial charge in [0.05, 0.1) is 4.90 Å². The van der Waals surface area contributed by atoms with Gasteiger partial charge in [0.1, 0.15) is 0 Å². The first-order chi connectivity index (χ1) is 14.8. The van der Waals surface area contributed by atoms with Gasteiger partial charge in [0.2, 0.25) is 10.0 Å². The highest BCUT2D eigenvalue weighted by Crippen LogP contribution is 2.21. The molecule has 7 heteroatoms. The Morgan fingerprint density at radius 1 is 1.06 bits per heavy atom. The SMILES string of the molecule is CCN(CC)S(=O)(=O)c1ccc(C)c(C(=O)NC2CCN(Cc3ccccc3)CC2)c1. The zero-order chi connectivity index (χ0) is 22.4. The standard InChI is InChI=1S/C24H33N3O3S/c1-4-27(5-2)31(29,30)22-12-11-19(3)23(17-22)24(28)25-21-13-15-26(16-14-21)18-20-9-7-6-8-10-20/h6-12,17,21H,4-5,13-16,18H2,1-3H3,(H,25,28). The average molecular weight is 444 g/mol. The van der Waals surface area contributed by atoms with Gasteiger partial charge in [-0.05, 0) is 43.0 Å². The van der Waals surface area contributed by atoms with Crippen molar-refractivity contribution in [1.29, 1.82) is 0 Å². The van der Waals surface area contributed by atoms with E-state index in [1.165, 1.54) is 15.9 Å². The molecule has 31 heavy (non-hydrogen) atoms. The Kier molecular flexibility index (Phi) is 7.86. The van der Waals surface area contributed by atoms with E-state index in [9.17, 15) is 13.2 Å². The molecular weight excluding hydrogens is 410 g/mol. The van der Waals surface area contributed by atoms with Crippen LogP contribution in [0.1, 0.15) is 48.2 Å². The fourth-order valence-corrected chi connectivity index (χ4v) is 5.54. The van der Waals surface area contributed by atoms with E-state index < -0.39 is 10.0 Å². The molecule has 1 fully saturated rings. The number of rotatable bonds is 8. The number of sulfonamides is 1. The van der Waals surface area contributed by atoms with E-state index >= 15 is 0 Å². The van der Waals surface area contributed by atoms with Gasteiger partial charge in [-0.3, -0.25) is 9.69 Å². The second-order valence-corrected chi connectivity index (χ2v) is 10.0. The molecule has 0 atom stereocenters. The summed E-state index contributed by atoms with van der Waals surface area (Å²) in [5.41, 5.74) is 2.50. The molecule has 0 unspecified atom stereocenters. The Balaban J connectivity index is 1.63. The lowest BCUT2D eigenvalue weighted by molar-refractivity contribution is 0.0908. The minimum Gasteiger partial charge on any atom is -0.349 e. The van der Waals surface area contributed by atoms with Gasteiger partial charge >= 0.3 is 0 Å². The van der Waals surface area contributed by atoms with Crippen LogP contribution < -0.4 is 5.32 Å². The number of nitrogens with zero attached hydrogens (tertiary/aromatic N) is 2. The summed E-state index contributed by atoms with van der Waals surface area (Å²) in [5, 5.41) is 3.12. The minimum absolute atomic E-state index is 0.0990. The van der Waals surface area contributed by atoms with Crippen molar-refractivity contribution in [3.05, 3.63) is 65.2 Å². The van der Waals surface area contributed by atoms with Crippen molar-refractivity contribution < 1.29 is 13.2 Å². The zero-order valence-electron chi connectivity index (χ0n) is 18.7. The second-order valence-electron chi connectivity index (χ2n) is 8.08. The number of carbonyl (C=O) groups excluding carboxylic acids is 1. The van der Waals surface area contributed by atoms with Crippen LogP contribution in [0, 0.1) is 6.92 Å². The van der Waals surface area contributed by atoms with Crippen LogP contribution >= 0.6 is 0 Å². The van der Waals surface area contributed by atoms with E-state index in [-0.39, 0.29) is 16.8 Å². The summed E-state index contributed by atoms with van der Waals surface area (Å²) in [4.78, 5) is 15.5. The molecule has 0 saturated carbocycles. The van der Waals surface area contributed by atoms with Gasteiger partial charge in [0.25, 0.3) is 5.91 Å². The number of carbonyl (C=O) groups is 1. The molecule has 0 bridgehead atoms. The molecule has 3 rings (SSSR count). The fourth-order valence-electron chi connectivity index (χ4n) is 4.06. The molecule has 168 valence electrons. The number of nitrogens with one attached hydrogen (secondary N) is 1. The Labute approximate surface area is 186 Å². The number of aryl methyl sites for hydroxylation is 1. The van der Waals surface area contributed by atoms with Gasteiger partial charge in [-0.2, -0.15) is 4.31 Å². The number of hydrogen-bond acceptors (Lipinski definition) is 4. The van der Waals surface area contributed by atoms with Crippen molar-refractivity contribution in [2.75, 3.05) is 26.2 Å². The molecule has 0 spiro atoms. The lowest BCUT2D eigenvalue weighted by Gasteiger charge is -2.32. The lowest BCUT2D eigenvalue weighted by Crippen LogP contribution is -2.44. The Morgan fingerprint density at radius 3 is 2.32 bits per heavy atom. The Bertz CT molecular complexity index is 980. The summed E-state index contributed by atoms with van der Waals surface area (Å²) in [6, 6.07) is 15.3. The third-order valence-corrected chi connectivity index (χ3v) is 8.01. The first-order valence-electron chi connectivity index (χ1n) is 11.0. The van der Waals surface area contributed by atoms with Gasteiger partial charge in [0.15, 0.2) is 0 Å². The van der Waals surface area contributed by atoms with Crippen molar-refractivity contribution in [3.8, 4) is 0 Å². The third-order valence-electron chi connectivity index (χ3n) is 5.97. The molecule has 1 aliphatic rings. The van der Waals surface area contributed by atoms with Gasteiger partial charge in [-0.1, -0.05) is 50.2 Å².